The van der Waals surface area contributed by atoms with Crippen molar-refractivity contribution in [1.82, 2.24) is 0 Å². The van der Waals surface area contributed by atoms with Crippen LogP contribution in [0.3, 0.4) is 0 Å². The molecule has 1 unspecified atom stereocenters. The number of hydrogen-bond acceptors (Lipinski definition) is 0. The van der Waals surface area contributed by atoms with Crippen LogP contribution in [0, 0.1) is 20.2 Å². The molecular formula is C9H13ClPPd-. The molecule has 0 aliphatic carbocycles. The maximum atomic E-state index is 4.39. The van der Waals surface area contributed by atoms with Gasteiger partial charge in [0.2, 0.25) is 0 Å². The van der Waals surface area contributed by atoms with Crippen molar-refractivity contribution in [2.45, 2.75) is 13.8 Å². The Kier molecular flexibility index (Phi) is 10.3. The Balaban J connectivity index is 0. The van der Waals surface area contributed by atoms with E-state index < -0.39 is 0 Å². The van der Waals surface area contributed by atoms with E-state index in [4.69, 9.17) is 0 Å². The Hall–Kier alpha value is 0.602. The maximum absolute atomic E-state index is 4.39. The zero-order valence-electron chi connectivity index (χ0n) is 7.21. The van der Waals surface area contributed by atoms with Gasteiger partial charge in [-0.05, 0) is 19.2 Å². The van der Waals surface area contributed by atoms with Crippen molar-refractivity contribution in [2.75, 3.05) is 0 Å². The SMILES string of the molecule is Cc1cc(C)cc(P)c1.[CH2-]Cl.[Pd]. The summed E-state index contributed by atoms with van der Waals surface area (Å²) in [5.41, 5.74) is 2.67. The molecular weight excluding hydrogens is 281 g/mol. The topological polar surface area (TPSA) is 0 Å². The molecule has 12 heavy (non-hydrogen) atoms. The Bertz CT molecular complexity index is 175. The second kappa shape index (κ2) is 8.21. The zero-order chi connectivity index (χ0) is 8.85. The minimum atomic E-state index is 0. The fourth-order valence-electron chi connectivity index (χ4n) is 1.01. The maximum Gasteiger partial charge on any atom is 0 e. The molecule has 72 valence electrons. The molecule has 0 bridgehead atoms. The molecule has 1 rings (SSSR count). The summed E-state index contributed by atoms with van der Waals surface area (Å²) in [4.78, 5) is 0. The van der Waals surface area contributed by atoms with Gasteiger partial charge in [-0.1, -0.05) is 29.3 Å². The van der Waals surface area contributed by atoms with Gasteiger partial charge < -0.3 is 11.6 Å². The molecule has 0 spiro atoms. The van der Waals surface area contributed by atoms with E-state index in [9.17, 15) is 0 Å². The van der Waals surface area contributed by atoms with E-state index >= 15 is 0 Å². The van der Waals surface area contributed by atoms with Crippen LogP contribution in [0.2, 0.25) is 0 Å². The summed E-state index contributed by atoms with van der Waals surface area (Å²) in [6.07, 6.45) is 2.72. The van der Waals surface area contributed by atoms with Gasteiger partial charge in [0.25, 0.3) is 0 Å². The number of hydrogen-bond donors (Lipinski definition) is 0. The number of benzene rings is 1. The van der Waals surface area contributed by atoms with Crippen molar-refractivity contribution in [3.05, 3.63) is 35.7 Å². The molecule has 0 nitrogen and oxygen atoms in total. The summed E-state index contributed by atoms with van der Waals surface area (Å²) in [5, 5.41) is 1.27. The first-order valence-corrected chi connectivity index (χ1v) is 4.40. The van der Waals surface area contributed by atoms with E-state index in [2.05, 4.69) is 59.3 Å². The zero-order valence-corrected chi connectivity index (χ0v) is 10.7. The average molecular weight is 294 g/mol. The van der Waals surface area contributed by atoms with E-state index in [0.29, 0.717) is 0 Å². The predicted octanol–water partition coefficient (Wildman–Crippen LogP) is 2.82. The molecule has 0 heterocycles. The molecule has 0 radical (unpaired) electrons. The van der Waals surface area contributed by atoms with Crippen LogP contribution in [-0.2, 0) is 20.4 Å². The van der Waals surface area contributed by atoms with Crippen LogP contribution in [0.25, 0.3) is 0 Å². The molecule has 0 saturated heterocycles. The van der Waals surface area contributed by atoms with Gasteiger partial charge in [-0.3, -0.25) is 6.38 Å². The van der Waals surface area contributed by atoms with Crippen molar-refractivity contribution in [1.29, 1.82) is 0 Å². The van der Waals surface area contributed by atoms with Gasteiger partial charge in [0.15, 0.2) is 0 Å². The summed E-state index contributed by atoms with van der Waals surface area (Å²) < 4.78 is 0. The van der Waals surface area contributed by atoms with Crippen LogP contribution in [-0.4, -0.2) is 0 Å². The van der Waals surface area contributed by atoms with E-state index in [1.165, 1.54) is 16.4 Å². The molecule has 0 amide bonds. The first-order valence-electron chi connectivity index (χ1n) is 3.29. The molecule has 0 aliphatic heterocycles. The first-order chi connectivity index (χ1) is 5.18. The van der Waals surface area contributed by atoms with Crippen LogP contribution in [0.1, 0.15) is 11.1 Å². The Morgan fingerprint density at radius 1 is 1.08 bits per heavy atom. The minimum Gasteiger partial charge on any atom is -0.352 e. The quantitative estimate of drug-likeness (QED) is 0.392. The van der Waals surface area contributed by atoms with Crippen molar-refractivity contribution in [2.24, 2.45) is 0 Å². The summed E-state index contributed by atoms with van der Waals surface area (Å²) in [6.45, 7) is 4.22. The monoisotopic (exact) mass is 293 g/mol. The van der Waals surface area contributed by atoms with Gasteiger partial charge in [-0.15, -0.1) is 9.24 Å². The molecule has 0 fully saturated rings. The summed E-state index contributed by atoms with van der Waals surface area (Å²) in [7, 11) is 2.70. The molecule has 1 aromatic carbocycles. The molecule has 3 heteroatoms. The summed E-state index contributed by atoms with van der Waals surface area (Å²) in [5.74, 6) is 0. The molecule has 0 N–H and O–H groups in total. The van der Waals surface area contributed by atoms with Crippen molar-refractivity contribution in [3.63, 3.8) is 0 Å². The number of halogens is 1. The Morgan fingerprint density at radius 3 is 1.67 bits per heavy atom. The predicted molar refractivity (Wildman–Crippen MR) is 56.5 cm³/mol. The van der Waals surface area contributed by atoms with Gasteiger partial charge in [-0.25, -0.2) is 0 Å². The molecule has 0 aliphatic rings. The van der Waals surface area contributed by atoms with Crippen LogP contribution < -0.4 is 5.30 Å². The Labute approximate surface area is 95.9 Å². The van der Waals surface area contributed by atoms with E-state index in [-0.39, 0.29) is 20.4 Å². The second-order valence-corrected chi connectivity index (χ2v) is 3.09. The average Bonchev–Trinajstić information content (AvgIpc) is 1.88. The van der Waals surface area contributed by atoms with E-state index in [1.54, 1.807) is 0 Å². The van der Waals surface area contributed by atoms with Gasteiger partial charge in [0.1, 0.15) is 0 Å². The van der Waals surface area contributed by atoms with Gasteiger partial charge >= 0.3 is 0 Å². The second-order valence-electron chi connectivity index (χ2n) is 2.42. The smallest absolute Gasteiger partial charge is 0 e. The van der Waals surface area contributed by atoms with Gasteiger partial charge in [-0.2, -0.15) is 0 Å². The largest absolute Gasteiger partial charge is 0.352 e. The fraction of sp³-hybridized carbons (Fsp3) is 0.222. The summed E-state index contributed by atoms with van der Waals surface area (Å²) in [6, 6.07) is 6.48. The van der Waals surface area contributed by atoms with Crippen LogP contribution in [0.5, 0.6) is 0 Å². The first kappa shape index (κ1) is 15.1. The third kappa shape index (κ3) is 6.16. The minimum absolute atomic E-state index is 0. The molecule has 1 atom stereocenters. The van der Waals surface area contributed by atoms with Crippen molar-refractivity contribution >= 4 is 26.1 Å². The van der Waals surface area contributed by atoms with Crippen molar-refractivity contribution in [3.8, 4) is 0 Å². The molecule has 1 aromatic rings. The fourth-order valence-corrected chi connectivity index (χ4v) is 1.54. The molecule has 0 saturated carbocycles. The van der Waals surface area contributed by atoms with Crippen molar-refractivity contribution < 1.29 is 20.4 Å². The van der Waals surface area contributed by atoms with Crippen LogP contribution in [0.4, 0.5) is 0 Å². The Morgan fingerprint density at radius 2 is 1.42 bits per heavy atom. The summed E-state index contributed by atoms with van der Waals surface area (Å²) >= 11 is 4.39. The van der Waals surface area contributed by atoms with Crippen LogP contribution >= 0.6 is 20.8 Å². The van der Waals surface area contributed by atoms with Gasteiger partial charge in [0.05, 0.1) is 0 Å². The van der Waals surface area contributed by atoms with Crippen LogP contribution in [0.15, 0.2) is 18.2 Å². The third-order valence-corrected chi connectivity index (χ3v) is 1.58. The third-order valence-electron chi connectivity index (χ3n) is 1.24. The molecule has 0 aromatic heterocycles. The van der Waals surface area contributed by atoms with E-state index in [0.717, 1.165) is 0 Å². The normalized spacial score (nSPS) is 7.75. The van der Waals surface area contributed by atoms with Gasteiger partial charge in [0, 0.05) is 20.4 Å². The number of rotatable bonds is 0. The van der Waals surface area contributed by atoms with E-state index in [1.807, 2.05) is 0 Å². The number of aryl methyl sites for hydroxylation is 2. The standard InChI is InChI=1S/C8H11P.CH2Cl.Pd/c1-6-3-7(2)5-8(9)4-6;1-2;/h3-5H,9H2,1-2H3;1H2;/q;-1;.